The van der Waals surface area contributed by atoms with Gasteiger partial charge in [0.1, 0.15) is 16.6 Å². The first-order valence-corrected chi connectivity index (χ1v) is 10.7. The summed E-state index contributed by atoms with van der Waals surface area (Å²) in [6.07, 6.45) is 0.630. The van der Waals surface area contributed by atoms with Gasteiger partial charge in [-0.3, -0.25) is 4.79 Å². The maximum atomic E-state index is 12.4. The van der Waals surface area contributed by atoms with Crippen LogP contribution in [0.25, 0.3) is 0 Å². The van der Waals surface area contributed by atoms with E-state index in [-0.39, 0.29) is 23.9 Å². The molecule has 1 aromatic carbocycles. The van der Waals surface area contributed by atoms with Crippen molar-refractivity contribution in [1.29, 1.82) is 0 Å². The van der Waals surface area contributed by atoms with Gasteiger partial charge in [0.2, 0.25) is 10.0 Å². The molecule has 0 fully saturated rings. The summed E-state index contributed by atoms with van der Waals surface area (Å²) in [6, 6.07) is 6.56. The molecule has 0 bridgehead atoms. The van der Waals surface area contributed by atoms with Gasteiger partial charge >= 0.3 is 5.97 Å². The lowest BCUT2D eigenvalue weighted by atomic mass is 10.1. The largest absolute Gasteiger partial charge is 0.459 e. The first kappa shape index (κ1) is 20.8. The van der Waals surface area contributed by atoms with Gasteiger partial charge in [0.15, 0.2) is 0 Å². The Kier molecular flexibility index (Phi) is 7.51. The molecule has 26 heavy (non-hydrogen) atoms. The molecule has 1 heterocycles. The van der Waals surface area contributed by atoms with Gasteiger partial charge in [-0.25, -0.2) is 8.42 Å². The van der Waals surface area contributed by atoms with Crippen LogP contribution in [0.2, 0.25) is 4.34 Å². The van der Waals surface area contributed by atoms with E-state index in [9.17, 15) is 13.2 Å². The van der Waals surface area contributed by atoms with Gasteiger partial charge in [0, 0.05) is 31.0 Å². The molecule has 2 aromatic rings. The van der Waals surface area contributed by atoms with Crippen molar-refractivity contribution < 1.29 is 17.9 Å². The Bertz CT molecular complexity index is 833. The topological polar surface area (TPSA) is 89.5 Å². The van der Waals surface area contributed by atoms with E-state index in [4.69, 9.17) is 16.3 Å². The van der Waals surface area contributed by atoms with Crippen LogP contribution in [0.5, 0.6) is 0 Å². The second-order valence-corrected chi connectivity index (χ2v) is 8.68. The van der Waals surface area contributed by atoms with Crippen LogP contribution < -0.4 is 0 Å². The van der Waals surface area contributed by atoms with Crippen molar-refractivity contribution in [2.75, 3.05) is 13.1 Å². The molecule has 2 rings (SSSR count). The van der Waals surface area contributed by atoms with Crippen molar-refractivity contribution in [3.8, 4) is 0 Å². The Labute approximate surface area is 162 Å². The molecular weight excluding hydrogens is 398 g/mol. The van der Waals surface area contributed by atoms with Crippen LogP contribution in [0.1, 0.15) is 31.5 Å². The summed E-state index contributed by atoms with van der Waals surface area (Å²) < 4.78 is 35.4. The number of carbonyl (C=O) groups is 1. The Balaban J connectivity index is 1.89. The van der Waals surface area contributed by atoms with Crippen molar-refractivity contribution in [3.05, 3.63) is 39.9 Å². The van der Waals surface area contributed by atoms with Crippen LogP contribution in [0.4, 0.5) is 0 Å². The van der Waals surface area contributed by atoms with Gasteiger partial charge < -0.3 is 4.74 Å². The fraction of sp³-hybridized carbons (Fsp3) is 0.438. The van der Waals surface area contributed by atoms with Gasteiger partial charge in [0.05, 0.1) is 4.90 Å². The summed E-state index contributed by atoms with van der Waals surface area (Å²) in [6.45, 7) is 4.44. The van der Waals surface area contributed by atoms with Gasteiger partial charge in [-0.1, -0.05) is 42.1 Å². The Morgan fingerprint density at radius 2 is 1.88 bits per heavy atom. The number of benzene rings is 1. The summed E-state index contributed by atoms with van der Waals surface area (Å²) in [4.78, 5) is 12.1. The second-order valence-electron chi connectivity index (χ2n) is 5.39. The Hall–Kier alpha value is -1.55. The molecule has 0 N–H and O–H groups in total. The summed E-state index contributed by atoms with van der Waals surface area (Å²) in [5, 5.41) is 3.77. The molecule has 0 saturated heterocycles. The third-order valence-electron chi connectivity index (χ3n) is 3.76. The molecule has 0 radical (unpaired) electrons. The van der Waals surface area contributed by atoms with Gasteiger partial charge in [-0.05, 0) is 24.1 Å². The van der Waals surface area contributed by atoms with E-state index in [1.165, 1.54) is 4.31 Å². The lowest BCUT2D eigenvalue weighted by Gasteiger charge is -2.18. The maximum Gasteiger partial charge on any atom is 0.306 e. The minimum atomic E-state index is -3.47. The molecule has 0 spiro atoms. The molecule has 10 heteroatoms. The predicted octanol–water partition coefficient (Wildman–Crippen LogP) is 2.90. The number of aromatic nitrogens is 2. The molecule has 0 aliphatic carbocycles. The Morgan fingerprint density at radius 1 is 1.23 bits per heavy atom. The minimum Gasteiger partial charge on any atom is -0.459 e. The van der Waals surface area contributed by atoms with Gasteiger partial charge in [-0.15, -0.1) is 5.10 Å². The second kappa shape index (κ2) is 9.40. The highest BCUT2D eigenvalue weighted by atomic mass is 35.5. The zero-order chi connectivity index (χ0) is 19.2. The van der Waals surface area contributed by atoms with E-state index >= 15 is 0 Å². The van der Waals surface area contributed by atoms with E-state index in [0.29, 0.717) is 29.5 Å². The number of carbonyl (C=O) groups excluding carboxylic acids is 1. The first-order chi connectivity index (χ1) is 12.4. The normalized spacial score (nSPS) is 11.7. The number of hydrogen-bond donors (Lipinski definition) is 0. The first-order valence-electron chi connectivity index (χ1n) is 8.09. The molecule has 7 nitrogen and oxygen atoms in total. The predicted molar refractivity (Wildman–Crippen MR) is 99.6 cm³/mol. The van der Waals surface area contributed by atoms with E-state index in [2.05, 4.69) is 9.59 Å². The van der Waals surface area contributed by atoms with Gasteiger partial charge in [-0.2, -0.15) is 4.31 Å². The molecule has 0 unspecified atom stereocenters. The number of sulfonamides is 1. The molecule has 0 amide bonds. The molecule has 0 aliphatic heterocycles. The van der Waals surface area contributed by atoms with Crippen LogP contribution in [0.15, 0.2) is 29.2 Å². The number of esters is 1. The van der Waals surface area contributed by atoms with Crippen molar-refractivity contribution in [2.24, 2.45) is 0 Å². The molecule has 0 aliphatic rings. The summed E-state index contributed by atoms with van der Waals surface area (Å²) in [5.41, 5.74) is 1.30. The molecule has 0 atom stereocenters. The lowest BCUT2D eigenvalue weighted by molar-refractivity contribution is -0.145. The van der Waals surface area contributed by atoms with E-state index < -0.39 is 10.0 Å². The van der Waals surface area contributed by atoms with E-state index in [1.807, 2.05) is 0 Å². The monoisotopic (exact) mass is 417 g/mol. The highest BCUT2D eigenvalue weighted by Gasteiger charge is 2.21. The summed E-state index contributed by atoms with van der Waals surface area (Å²) in [7, 11) is -3.47. The summed E-state index contributed by atoms with van der Waals surface area (Å²) >= 11 is 6.88. The number of hydrogen-bond acceptors (Lipinski definition) is 7. The van der Waals surface area contributed by atoms with Crippen LogP contribution in [-0.4, -0.2) is 41.4 Å². The summed E-state index contributed by atoms with van der Waals surface area (Å²) in [5.74, 6) is -0.381. The number of nitrogens with zero attached hydrogens (tertiary/aromatic N) is 3. The van der Waals surface area contributed by atoms with Crippen molar-refractivity contribution in [3.63, 3.8) is 0 Å². The Morgan fingerprint density at radius 3 is 2.42 bits per heavy atom. The van der Waals surface area contributed by atoms with Crippen LogP contribution >= 0.6 is 23.1 Å². The highest BCUT2D eigenvalue weighted by Crippen LogP contribution is 2.19. The molecule has 142 valence electrons. The number of ether oxygens (including phenoxy) is 1. The standard InChI is InChI=1S/C16H20ClN3O4S2/c1-3-20(4-2)26(22,23)13-8-5-12(6-9-13)7-10-15(21)24-11-14-16(17)25-19-18-14/h5-6,8-9H,3-4,7,10-11H2,1-2H3. The third-order valence-corrected chi connectivity index (χ3v) is 6.81. The third kappa shape index (κ3) is 5.23. The maximum absolute atomic E-state index is 12.4. The van der Waals surface area contributed by atoms with Crippen LogP contribution in [0.3, 0.4) is 0 Å². The molecular formula is C16H20ClN3O4S2. The minimum absolute atomic E-state index is 0.00474. The van der Waals surface area contributed by atoms with Crippen molar-refractivity contribution in [1.82, 2.24) is 13.9 Å². The number of aryl methyl sites for hydroxylation is 1. The van der Waals surface area contributed by atoms with E-state index in [1.54, 1.807) is 38.1 Å². The average molecular weight is 418 g/mol. The van der Waals surface area contributed by atoms with Crippen LogP contribution in [-0.2, 0) is 32.6 Å². The smallest absolute Gasteiger partial charge is 0.306 e. The molecule has 0 saturated carbocycles. The average Bonchev–Trinajstić information content (AvgIpc) is 3.04. The highest BCUT2D eigenvalue weighted by molar-refractivity contribution is 7.89. The zero-order valence-electron chi connectivity index (χ0n) is 14.5. The lowest BCUT2D eigenvalue weighted by Crippen LogP contribution is -2.30. The van der Waals surface area contributed by atoms with Crippen LogP contribution in [0, 0.1) is 0 Å². The fourth-order valence-electron chi connectivity index (χ4n) is 2.29. The molecule has 1 aromatic heterocycles. The zero-order valence-corrected chi connectivity index (χ0v) is 16.9. The van der Waals surface area contributed by atoms with Crippen molar-refractivity contribution in [2.45, 2.75) is 38.2 Å². The number of rotatable bonds is 9. The number of halogens is 1. The van der Waals surface area contributed by atoms with Crippen molar-refractivity contribution >= 4 is 39.1 Å². The van der Waals surface area contributed by atoms with E-state index in [0.717, 1.165) is 17.1 Å². The van der Waals surface area contributed by atoms with Gasteiger partial charge in [0.25, 0.3) is 0 Å². The fourth-order valence-corrected chi connectivity index (χ4v) is 4.35. The quantitative estimate of drug-likeness (QED) is 0.583. The SMILES string of the molecule is CCN(CC)S(=O)(=O)c1ccc(CCC(=O)OCc2nnsc2Cl)cc1.